The first-order valence-electron chi connectivity index (χ1n) is 7.82. The predicted molar refractivity (Wildman–Crippen MR) is 92.3 cm³/mol. The van der Waals surface area contributed by atoms with Gasteiger partial charge >= 0.3 is 0 Å². The quantitative estimate of drug-likeness (QED) is 0.752. The summed E-state index contributed by atoms with van der Waals surface area (Å²) in [7, 11) is 0. The Bertz CT molecular complexity index is 997. The van der Waals surface area contributed by atoms with Gasteiger partial charge < -0.3 is 10.5 Å². The number of ether oxygens (including phenoxy) is 1. The normalized spacial score (nSPS) is 16.1. The van der Waals surface area contributed by atoms with Crippen LogP contribution in [0.1, 0.15) is 22.6 Å². The Morgan fingerprint density at radius 3 is 2.72 bits per heavy atom. The van der Waals surface area contributed by atoms with Gasteiger partial charge in [0.2, 0.25) is 11.8 Å². The average molecular weight is 329 g/mol. The third-order valence-electron chi connectivity index (χ3n) is 4.30. The molecule has 2 aromatic heterocycles. The summed E-state index contributed by atoms with van der Waals surface area (Å²) >= 11 is 0. The van der Waals surface area contributed by atoms with E-state index in [0.29, 0.717) is 11.5 Å². The molecule has 6 heteroatoms. The van der Waals surface area contributed by atoms with E-state index >= 15 is 0 Å². The average Bonchev–Trinajstić information content (AvgIpc) is 3.05. The van der Waals surface area contributed by atoms with Crippen LogP contribution >= 0.6 is 0 Å². The van der Waals surface area contributed by atoms with Crippen molar-refractivity contribution < 1.29 is 4.74 Å². The van der Waals surface area contributed by atoms with E-state index in [9.17, 15) is 5.26 Å². The van der Waals surface area contributed by atoms with Gasteiger partial charge in [-0.3, -0.25) is 10.1 Å². The topological polar surface area (TPSA) is 101 Å². The molecule has 0 spiro atoms. The van der Waals surface area contributed by atoms with E-state index < -0.39 is 0 Å². The molecular weight excluding hydrogens is 314 g/mol. The Kier molecular flexibility index (Phi) is 3.47. The molecule has 0 fully saturated rings. The number of benzene rings is 1. The fraction of sp³-hybridized carbons (Fsp3) is 0.105. The number of rotatable bonds is 2. The number of fused-ring (bicyclic) bond motifs is 1. The summed E-state index contributed by atoms with van der Waals surface area (Å²) < 4.78 is 5.59. The summed E-state index contributed by atoms with van der Waals surface area (Å²) in [5.74, 6) is 0.0873. The van der Waals surface area contributed by atoms with Gasteiger partial charge in [-0.2, -0.15) is 5.26 Å². The Labute approximate surface area is 144 Å². The van der Waals surface area contributed by atoms with Crippen LogP contribution < -0.4 is 10.5 Å². The molecule has 4 rings (SSSR count). The second-order valence-electron chi connectivity index (χ2n) is 5.89. The summed E-state index contributed by atoms with van der Waals surface area (Å²) in [5.41, 5.74) is 10.9. The van der Waals surface area contributed by atoms with Gasteiger partial charge in [-0.05, 0) is 18.6 Å². The minimum Gasteiger partial charge on any atom is -0.420 e. The monoisotopic (exact) mass is 329 g/mol. The van der Waals surface area contributed by atoms with Crippen molar-refractivity contribution in [3.05, 3.63) is 76.9 Å². The van der Waals surface area contributed by atoms with Crippen molar-refractivity contribution in [2.45, 2.75) is 12.8 Å². The summed E-state index contributed by atoms with van der Waals surface area (Å²) in [6.45, 7) is 2.03. The van der Waals surface area contributed by atoms with Crippen LogP contribution in [0.25, 0.3) is 11.3 Å². The number of allylic oxidation sites excluding steroid dienone is 1. The number of nitrogens with two attached hydrogens (primary N) is 1. The molecule has 1 aliphatic heterocycles. The number of H-pyrrole nitrogens is 1. The molecule has 0 saturated carbocycles. The van der Waals surface area contributed by atoms with Crippen molar-refractivity contribution in [3.8, 4) is 23.2 Å². The minimum absolute atomic E-state index is 0.0748. The number of pyridine rings is 1. The van der Waals surface area contributed by atoms with Crippen LogP contribution in [0.15, 0.2) is 60.2 Å². The van der Waals surface area contributed by atoms with Crippen molar-refractivity contribution in [3.63, 3.8) is 0 Å². The highest BCUT2D eigenvalue weighted by molar-refractivity contribution is 5.70. The Balaban J connectivity index is 1.94. The van der Waals surface area contributed by atoms with Gasteiger partial charge in [0.1, 0.15) is 11.6 Å². The molecule has 3 heterocycles. The number of nitriles is 1. The molecule has 6 nitrogen and oxygen atoms in total. The highest BCUT2D eigenvalue weighted by Gasteiger charge is 2.35. The minimum atomic E-state index is -0.377. The van der Waals surface area contributed by atoms with Gasteiger partial charge in [-0.1, -0.05) is 35.9 Å². The van der Waals surface area contributed by atoms with E-state index in [1.165, 1.54) is 5.56 Å². The molecule has 3 N–H and O–H groups in total. The molecular formula is C19H15N5O. The molecule has 0 radical (unpaired) electrons. The molecule has 1 atom stereocenters. The second kappa shape index (κ2) is 5.80. The van der Waals surface area contributed by atoms with Gasteiger partial charge in [0, 0.05) is 18.0 Å². The van der Waals surface area contributed by atoms with E-state index in [1.807, 2.05) is 43.3 Å². The molecule has 0 aliphatic carbocycles. The Morgan fingerprint density at radius 2 is 2.04 bits per heavy atom. The first-order chi connectivity index (χ1) is 12.2. The molecule has 122 valence electrons. The van der Waals surface area contributed by atoms with Crippen molar-refractivity contribution in [1.82, 2.24) is 15.2 Å². The van der Waals surface area contributed by atoms with Crippen LogP contribution in [0.5, 0.6) is 5.88 Å². The molecule has 3 aromatic rings. The number of aryl methyl sites for hydroxylation is 1. The number of hydrogen-bond acceptors (Lipinski definition) is 5. The lowest BCUT2D eigenvalue weighted by Crippen LogP contribution is -2.21. The maximum atomic E-state index is 9.64. The van der Waals surface area contributed by atoms with Gasteiger partial charge in [0.05, 0.1) is 17.2 Å². The Hall–Kier alpha value is -3.59. The van der Waals surface area contributed by atoms with Crippen molar-refractivity contribution in [2.75, 3.05) is 0 Å². The van der Waals surface area contributed by atoms with E-state index in [0.717, 1.165) is 22.4 Å². The smallest absolute Gasteiger partial charge is 0.244 e. The van der Waals surface area contributed by atoms with Crippen LogP contribution in [0.3, 0.4) is 0 Å². The maximum Gasteiger partial charge on any atom is 0.244 e. The molecule has 1 aromatic carbocycles. The summed E-state index contributed by atoms with van der Waals surface area (Å²) in [4.78, 5) is 4.18. The van der Waals surface area contributed by atoms with Gasteiger partial charge in [0.15, 0.2) is 0 Å². The highest BCUT2D eigenvalue weighted by Crippen LogP contribution is 2.45. The van der Waals surface area contributed by atoms with E-state index in [1.54, 1.807) is 12.4 Å². The number of nitrogens with zero attached hydrogens (tertiary/aromatic N) is 3. The van der Waals surface area contributed by atoms with Crippen LogP contribution in [-0.4, -0.2) is 15.2 Å². The van der Waals surface area contributed by atoms with Crippen molar-refractivity contribution in [1.29, 1.82) is 5.26 Å². The zero-order chi connectivity index (χ0) is 17.4. The fourth-order valence-electron chi connectivity index (χ4n) is 3.07. The maximum absolute atomic E-state index is 9.64. The van der Waals surface area contributed by atoms with Crippen molar-refractivity contribution in [2.24, 2.45) is 5.73 Å². The zero-order valence-corrected chi connectivity index (χ0v) is 13.5. The van der Waals surface area contributed by atoms with Gasteiger partial charge in [-0.15, -0.1) is 5.10 Å². The summed E-state index contributed by atoms with van der Waals surface area (Å²) in [6.07, 6.45) is 3.43. The third kappa shape index (κ3) is 2.42. The first-order valence-corrected chi connectivity index (χ1v) is 7.82. The van der Waals surface area contributed by atoms with Crippen LogP contribution in [-0.2, 0) is 0 Å². The first kappa shape index (κ1) is 15.0. The molecule has 0 unspecified atom stereocenters. The standard InChI is InChI=1S/C19H15N5O/c1-11-4-6-12(7-5-11)17-16-15(13-3-2-8-22-10-13)14(9-20)18(21)25-19(16)24-23-17/h2-8,10,15H,21H2,1H3,(H,23,24)/t15-/m1/s1. The van der Waals surface area contributed by atoms with Gasteiger partial charge in [-0.25, -0.2) is 0 Å². The number of hydrogen-bond donors (Lipinski definition) is 2. The molecule has 0 saturated heterocycles. The van der Waals surface area contributed by atoms with Gasteiger partial charge in [0.25, 0.3) is 0 Å². The number of aromatic nitrogens is 3. The lowest BCUT2D eigenvalue weighted by molar-refractivity contribution is 0.379. The van der Waals surface area contributed by atoms with Crippen LogP contribution in [0, 0.1) is 18.3 Å². The van der Waals surface area contributed by atoms with Crippen LogP contribution in [0.2, 0.25) is 0 Å². The molecule has 0 bridgehead atoms. The summed E-state index contributed by atoms with van der Waals surface area (Å²) in [5, 5.41) is 16.9. The SMILES string of the molecule is Cc1ccc(-c2[nH]nc3c2[C@H](c2cccnc2)C(C#N)=C(N)O3)cc1. The fourth-order valence-corrected chi connectivity index (χ4v) is 3.07. The second-order valence-corrected chi connectivity index (χ2v) is 5.89. The molecule has 1 aliphatic rings. The lowest BCUT2D eigenvalue weighted by atomic mass is 9.83. The lowest BCUT2D eigenvalue weighted by Gasteiger charge is -2.23. The summed E-state index contributed by atoms with van der Waals surface area (Å²) in [6, 6.07) is 14.0. The van der Waals surface area contributed by atoms with Crippen LogP contribution in [0.4, 0.5) is 0 Å². The molecule has 0 amide bonds. The highest BCUT2D eigenvalue weighted by atomic mass is 16.5. The van der Waals surface area contributed by atoms with E-state index in [4.69, 9.17) is 10.5 Å². The van der Waals surface area contributed by atoms with E-state index in [-0.39, 0.29) is 11.8 Å². The Morgan fingerprint density at radius 1 is 1.24 bits per heavy atom. The van der Waals surface area contributed by atoms with E-state index in [2.05, 4.69) is 21.3 Å². The number of nitrogens with one attached hydrogen (secondary N) is 1. The zero-order valence-electron chi connectivity index (χ0n) is 13.5. The number of aromatic amines is 1. The molecule has 25 heavy (non-hydrogen) atoms. The van der Waals surface area contributed by atoms with Crippen molar-refractivity contribution >= 4 is 0 Å². The largest absolute Gasteiger partial charge is 0.420 e. The third-order valence-corrected chi connectivity index (χ3v) is 4.30. The predicted octanol–water partition coefficient (Wildman–Crippen LogP) is 3.00.